The summed E-state index contributed by atoms with van der Waals surface area (Å²) in [5.74, 6) is 0.225. The Morgan fingerprint density at radius 1 is 1.64 bits per heavy atom. The van der Waals surface area contributed by atoms with Crippen LogP contribution in [-0.4, -0.2) is 22.8 Å². The van der Waals surface area contributed by atoms with Gasteiger partial charge in [0.05, 0.1) is 6.04 Å². The van der Waals surface area contributed by atoms with Gasteiger partial charge < -0.3 is 15.3 Å². The fraction of sp³-hybridized carbons (Fsp3) is 0.667. The molecule has 0 aromatic carbocycles. The lowest BCUT2D eigenvalue weighted by Gasteiger charge is -2.25. The number of ether oxygens (including phenoxy) is 1. The monoisotopic (exact) mass is 200 g/mol. The zero-order valence-electron chi connectivity index (χ0n) is 8.90. The molecule has 1 rings (SSSR count). The van der Waals surface area contributed by atoms with Gasteiger partial charge in [0.2, 0.25) is 5.88 Å². The molecule has 2 N–H and O–H groups in total. The van der Waals surface area contributed by atoms with Crippen LogP contribution in [0.15, 0.2) is 12.0 Å². The van der Waals surface area contributed by atoms with E-state index in [1.165, 1.54) is 0 Å². The maximum absolute atomic E-state index is 11.5. The standard InChI is InChI=1S/C9H16N2O3/c1-6-5-7(10)14-11(6)8(12)13-9(2,3)4/h5-6H,10H2,1-4H3. The summed E-state index contributed by atoms with van der Waals surface area (Å²) < 4.78 is 5.11. The van der Waals surface area contributed by atoms with Crippen molar-refractivity contribution in [2.24, 2.45) is 5.73 Å². The lowest BCUT2D eigenvalue weighted by molar-refractivity contribution is -0.110. The summed E-state index contributed by atoms with van der Waals surface area (Å²) >= 11 is 0. The molecule has 1 aliphatic heterocycles. The highest BCUT2D eigenvalue weighted by Crippen LogP contribution is 2.18. The highest BCUT2D eigenvalue weighted by atomic mass is 16.7. The molecule has 5 heteroatoms. The van der Waals surface area contributed by atoms with Gasteiger partial charge in [0.1, 0.15) is 5.60 Å². The zero-order valence-corrected chi connectivity index (χ0v) is 8.90. The normalized spacial score (nSPS) is 21.6. The lowest BCUT2D eigenvalue weighted by Crippen LogP contribution is -2.38. The molecule has 1 amide bonds. The minimum atomic E-state index is -0.530. The van der Waals surface area contributed by atoms with Crippen LogP contribution in [-0.2, 0) is 9.57 Å². The van der Waals surface area contributed by atoms with E-state index in [1.54, 1.807) is 33.8 Å². The predicted octanol–water partition coefficient (Wildman–Crippen LogP) is 1.36. The van der Waals surface area contributed by atoms with Gasteiger partial charge in [0, 0.05) is 6.08 Å². The molecule has 1 aliphatic rings. The third-order valence-corrected chi connectivity index (χ3v) is 1.55. The SMILES string of the molecule is CC1C=C(N)ON1C(=O)OC(C)(C)C. The number of hydroxylamine groups is 2. The Morgan fingerprint density at radius 2 is 2.21 bits per heavy atom. The predicted molar refractivity (Wildman–Crippen MR) is 50.9 cm³/mol. The molecule has 0 fully saturated rings. The maximum Gasteiger partial charge on any atom is 0.444 e. The third kappa shape index (κ3) is 2.55. The van der Waals surface area contributed by atoms with Crippen LogP contribution in [0.1, 0.15) is 27.7 Å². The average molecular weight is 200 g/mol. The summed E-state index contributed by atoms with van der Waals surface area (Å²) in [6, 6.07) is -0.190. The Balaban J connectivity index is 2.56. The van der Waals surface area contributed by atoms with Crippen LogP contribution in [0.3, 0.4) is 0 Å². The first-order valence-electron chi connectivity index (χ1n) is 4.47. The minimum absolute atomic E-state index is 0.190. The van der Waals surface area contributed by atoms with E-state index in [9.17, 15) is 4.79 Å². The Bertz CT molecular complexity index is 268. The van der Waals surface area contributed by atoms with Crippen molar-refractivity contribution in [3.63, 3.8) is 0 Å². The minimum Gasteiger partial charge on any atom is -0.442 e. The summed E-state index contributed by atoms with van der Waals surface area (Å²) in [6.07, 6.45) is 1.12. The molecule has 0 aliphatic carbocycles. The summed E-state index contributed by atoms with van der Waals surface area (Å²) in [4.78, 5) is 16.5. The smallest absolute Gasteiger partial charge is 0.442 e. The average Bonchev–Trinajstić information content (AvgIpc) is 2.26. The molecule has 1 unspecified atom stereocenters. The van der Waals surface area contributed by atoms with E-state index in [-0.39, 0.29) is 11.9 Å². The van der Waals surface area contributed by atoms with Crippen molar-refractivity contribution in [3.8, 4) is 0 Å². The first-order valence-corrected chi connectivity index (χ1v) is 4.47. The summed E-state index contributed by atoms with van der Waals surface area (Å²) in [5, 5.41) is 1.11. The molecule has 0 aromatic rings. The van der Waals surface area contributed by atoms with Gasteiger partial charge in [-0.1, -0.05) is 0 Å². The fourth-order valence-electron chi connectivity index (χ4n) is 1.04. The maximum atomic E-state index is 11.5. The van der Waals surface area contributed by atoms with Crippen LogP contribution >= 0.6 is 0 Å². The molecule has 5 nitrogen and oxygen atoms in total. The van der Waals surface area contributed by atoms with Crippen LogP contribution in [0, 0.1) is 0 Å². The van der Waals surface area contributed by atoms with Gasteiger partial charge >= 0.3 is 6.09 Å². The molecule has 1 heterocycles. The second-order valence-corrected chi connectivity index (χ2v) is 4.21. The Labute approximate surface area is 83.4 Å². The topological polar surface area (TPSA) is 64.8 Å². The van der Waals surface area contributed by atoms with Gasteiger partial charge in [-0.15, -0.1) is 5.06 Å². The van der Waals surface area contributed by atoms with E-state index >= 15 is 0 Å². The first-order chi connectivity index (χ1) is 6.29. The molecule has 0 bridgehead atoms. The molecule has 0 saturated carbocycles. The molecule has 80 valence electrons. The summed E-state index contributed by atoms with van der Waals surface area (Å²) in [6.45, 7) is 7.18. The molecule has 0 spiro atoms. The van der Waals surface area contributed by atoms with Crippen molar-refractivity contribution < 1.29 is 14.4 Å². The van der Waals surface area contributed by atoms with Gasteiger partial charge in [-0.05, 0) is 27.7 Å². The van der Waals surface area contributed by atoms with E-state index in [0.717, 1.165) is 5.06 Å². The highest BCUT2D eigenvalue weighted by Gasteiger charge is 2.31. The molecule has 14 heavy (non-hydrogen) atoms. The quantitative estimate of drug-likeness (QED) is 0.641. The van der Waals surface area contributed by atoms with E-state index in [0.29, 0.717) is 0 Å². The Morgan fingerprint density at radius 3 is 2.57 bits per heavy atom. The molecule has 0 saturated heterocycles. The van der Waals surface area contributed by atoms with Crippen LogP contribution in [0.5, 0.6) is 0 Å². The lowest BCUT2D eigenvalue weighted by atomic mass is 10.2. The Kier molecular flexibility index (Phi) is 2.59. The first kappa shape index (κ1) is 10.7. The summed E-state index contributed by atoms with van der Waals surface area (Å²) in [7, 11) is 0. The Hall–Kier alpha value is -1.39. The van der Waals surface area contributed by atoms with Crippen molar-refractivity contribution in [1.29, 1.82) is 0 Å². The van der Waals surface area contributed by atoms with Crippen molar-refractivity contribution in [2.75, 3.05) is 0 Å². The van der Waals surface area contributed by atoms with Crippen LogP contribution in [0.4, 0.5) is 4.79 Å². The number of nitrogens with two attached hydrogens (primary N) is 1. The largest absolute Gasteiger partial charge is 0.444 e. The van der Waals surface area contributed by atoms with Gasteiger partial charge in [-0.25, -0.2) is 4.79 Å². The fourth-order valence-corrected chi connectivity index (χ4v) is 1.04. The van der Waals surface area contributed by atoms with E-state index in [1.807, 2.05) is 0 Å². The van der Waals surface area contributed by atoms with Crippen molar-refractivity contribution >= 4 is 6.09 Å². The zero-order chi connectivity index (χ0) is 10.9. The highest BCUT2D eigenvalue weighted by molar-refractivity contribution is 5.68. The number of hydrogen-bond donors (Lipinski definition) is 1. The molecule has 0 radical (unpaired) electrons. The third-order valence-electron chi connectivity index (χ3n) is 1.55. The number of nitrogens with zero attached hydrogens (tertiary/aromatic N) is 1. The van der Waals surface area contributed by atoms with Crippen LogP contribution in [0.25, 0.3) is 0 Å². The van der Waals surface area contributed by atoms with Gasteiger partial charge in [-0.2, -0.15) is 0 Å². The number of carbonyl (C=O) groups excluding carboxylic acids is 1. The van der Waals surface area contributed by atoms with E-state index < -0.39 is 11.7 Å². The second kappa shape index (κ2) is 3.40. The van der Waals surface area contributed by atoms with Crippen molar-refractivity contribution in [3.05, 3.63) is 12.0 Å². The molecule has 0 aromatic heterocycles. The molecular weight excluding hydrogens is 184 g/mol. The number of hydrogen-bond acceptors (Lipinski definition) is 4. The van der Waals surface area contributed by atoms with Gasteiger partial charge in [-0.3, -0.25) is 0 Å². The van der Waals surface area contributed by atoms with Crippen LogP contribution < -0.4 is 5.73 Å². The second-order valence-electron chi connectivity index (χ2n) is 4.21. The number of rotatable bonds is 0. The van der Waals surface area contributed by atoms with Gasteiger partial charge in [0.25, 0.3) is 0 Å². The van der Waals surface area contributed by atoms with Crippen molar-refractivity contribution in [1.82, 2.24) is 5.06 Å². The van der Waals surface area contributed by atoms with Gasteiger partial charge in [0.15, 0.2) is 0 Å². The molecular formula is C9H16N2O3. The number of carbonyl (C=O) groups is 1. The van der Waals surface area contributed by atoms with Crippen LogP contribution in [0.2, 0.25) is 0 Å². The van der Waals surface area contributed by atoms with E-state index in [2.05, 4.69) is 0 Å². The van der Waals surface area contributed by atoms with Crippen molar-refractivity contribution in [2.45, 2.75) is 39.3 Å². The summed E-state index contributed by atoms with van der Waals surface area (Å²) in [5.41, 5.74) is 4.88. The number of amides is 1. The molecule has 1 atom stereocenters. The van der Waals surface area contributed by atoms with E-state index in [4.69, 9.17) is 15.3 Å².